The molecule has 0 unspecified atom stereocenters. The van der Waals surface area contributed by atoms with Crippen LogP contribution in [-0.2, 0) is 22.6 Å². The quantitative estimate of drug-likeness (QED) is 0.640. The molecule has 0 aliphatic rings. The van der Waals surface area contributed by atoms with Gasteiger partial charge in [-0.3, -0.25) is 18.7 Å². The summed E-state index contributed by atoms with van der Waals surface area (Å²) in [7, 11) is 1.26. The summed E-state index contributed by atoms with van der Waals surface area (Å²) in [6.45, 7) is -0.168. The maximum atomic E-state index is 12.6. The van der Waals surface area contributed by atoms with Crippen molar-refractivity contribution in [2.24, 2.45) is 0 Å². The van der Waals surface area contributed by atoms with Crippen molar-refractivity contribution >= 4 is 17.6 Å². The first-order chi connectivity index (χ1) is 14.0. The average molecular weight is 393 g/mol. The largest absolute Gasteiger partial charge is 0.465 e. The topological polar surface area (TPSA) is 99.4 Å². The van der Waals surface area contributed by atoms with E-state index in [1.54, 1.807) is 18.2 Å². The predicted octanol–water partition coefficient (Wildman–Crippen LogP) is 1.48. The van der Waals surface area contributed by atoms with Crippen molar-refractivity contribution in [3.8, 4) is 0 Å². The number of ether oxygens (including phenoxy) is 1. The molecule has 1 aromatic heterocycles. The molecule has 0 saturated heterocycles. The number of amides is 1. The van der Waals surface area contributed by atoms with Gasteiger partial charge < -0.3 is 10.1 Å². The number of hydrogen-bond donors (Lipinski definition) is 1. The molecule has 3 aromatic rings. The third-order valence-corrected chi connectivity index (χ3v) is 4.20. The smallest absolute Gasteiger partial charge is 0.337 e. The van der Waals surface area contributed by atoms with Gasteiger partial charge in [0.05, 0.1) is 19.2 Å². The molecule has 0 aliphatic heterocycles. The molecule has 0 aliphatic carbocycles. The summed E-state index contributed by atoms with van der Waals surface area (Å²) in [5.74, 6) is -1.10. The van der Waals surface area contributed by atoms with Crippen LogP contribution >= 0.6 is 0 Å². The van der Waals surface area contributed by atoms with E-state index in [9.17, 15) is 19.2 Å². The van der Waals surface area contributed by atoms with E-state index in [0.717, 1.165) is 10.1 Å². The second-order valence-electron chi connectivity index (χ2n) is 6.26. The van der Waals surface area contributed by atoms with Gasteiger partial charge in [-0.2, -0.15) is 0 Å². The van der Waals surface area contributed by atoms with Crippen LogP contribution in [0.1, 0.15) is 15.9 Å². The van der Waals surface area contributed by atoms with E-state index in [-0.39, 0.29) is 12.1 Å². The lowest BCUT2D eigenvalue weighted by Crippen LogP contribution is -2.41. The molecule has 0 fully saturated rings. The van der Waals surface area contributed by atoms with Crippen LogP contribution in [0.2, 0.25) is 0 Å². The van der Waals surface area contributed by atoms with Crippen molar-refractivity contribution < 1.29 is 14.3 Å². The second kappa shape index (κ2) is 8.83. The van der Waals surface area contributed by atoms with Gasteiger partial charge in [0.1, 0.15) is 6.54 Å². The first-order valence-corrected chi connectivity index (χ1v) is 8.80. The summed E-state index contributed by atoms with van der Waals surface area (Å²) in [4.78, 5) is 48.7. The molecule has 2 aromatic carbocycles. The Labute approximate surface area is 166 Å². The Morgan fingerprint density at radius 3 is 2.48 bits per heavy atom. The van der Waals surface area contributed by atoms with Crippen molar-refractivity contribution in [3.05, 3.63) is 98.8 Å². The van der Waals surface area contributed by atoms with Crippen LogP contribution in [0.5, 0.6) is 0 Å². The predicted molar refractivity (Wildman–Crippen MR) is 107 cm³/mol. The van der Waals surface area contributed by atoms with E-state index in [2.05, 4.69) is 10.1 Å². The number of carbonyl (C=O) groups excluding carboxylic acids is 2. The highest BCUT2D eigenvalue weighted by Crippen LogP contribution is 2.11. The fourth-order valence-corrected chi connectivity index (χ4v) is 2.79. The lowest BCUT2D eigenvalue weighted by Gasteiger charge is -2.11. The normalized spacial score (nSPS) is 10.4. The fraction of sp³-hybridized carbons (Fsp3) is 0.143. The minimum Gasteiger partial charge on any atom is -0.465 e. The Morgan fingerprint density at radius 1 is 1.00 bits per heavy atom. The molecule has 148 valence electrons. The Kier molecular flexibility index (Phi) is 6.03. The van der Waals surface area contributed by atoms with Crippen molar-refractivity contribution in [1.29, 1.82) is 0 Å². The second-order valence-corrected chi connectivity index (χ2v) is 6.26. The minimum atomic E-state index is -0.584. The highest BCUT2D eigenvalue weighted by molar-refractivity contribution is 5.94. The van der Waals surface area contributed by atoms with Gasteiger partial charge in [-0.1, -0.05) is 36.4 Å². The Morgan fingerprint density at radius 2 is 1.76 bits per heavy atom. The average Bonchev–Trinajstić information content (AvgIpc) is 2.73. The molecule has 3 rings (SSSR count). The lowest BCUT2D eigenvalue weighted by molar-refractivity contribution is -0.116. The first-order valence-electron chi connectivity index (χ1n) is 8.80. The van der Waals surface area contributed by atoms with Crippen LogP contribution in [0.3, 0.4) is 0 Å². The summed E-state index contributed by atoms with van der Waals surface area (Å²) < 4.78 is 6.87. The highest BCUT2D eigenvalue weighted by atomic mass is 16.5. The molecule has 1 heterocycles. The van der Waals surface area contributed by atoms with Gasteiger partial charge in [0.25, 0.3) is 5.56 Å². The lowest BCUT2D eigenvalue weighted by atomic mass is 10.2. The standard InChI is InChI=1S/C21H19N3O5/c1-29-20(27)16-8-5-9-17(12-16)22-18(25)14-24-19(26)10-11-23(21(24)28)13-15-6-3-2-4-7-15/h2-12H,13-14H2,1H3,(H,22,25). The fourth-order valence-electron chi connectivity index (χ4n) is 2.79. The van der Waals surface area contributed by atoms with E-state index < -0.39 is 29.7 Å². The van der Waals surface area contributed by atoms with E-state index >= 15 is 0 Å². The summed E-state index contributed by atoms with van der Waals surface area (Å²) in [5, 5.41) is 2.58. The third-order valence-electron chi connectivity index (χ3n) is 4.20. The van der Waals surface area contributed by atoms with Gasteiger partial charge >= 0.3 is 11.7 Å². The molecule has 29 heavy (non-hydrogen) atoms. The van der Waals surface area contributed by atoms with Crippen molar-refractivity contribution in [2.45, 2.75) is 13.1 Å². The number of nitrogens with zero attached hydrogens (tertiary/aromatic N) is 2. The number of nitrogens with one attached hydrogen (secondary N) is 1. The van der Waals surface area contributed by atoms with Crippen LogP contribution in [-0.4, -0.2) is 28.1 Å². The molecule has 0 bridgehead atoms. The van der Waals surface area contributed by atoms with E-state index in [1.165, 1.54) is 30.0 Å². The summed E-state index contributed by atoms with van der Waals surface area (Å²) >= 11 is 0. The third kappa shape index (κ3) is 4.86. The number of benzene rings is 2. The molecular weight excluding hydrogens is 374 g/mol. The molecule has 8 nitrogen and oxygen atoms in total. The monoisotopic (exact) mass is 393 g/mol. The zero-order valence-corrected chi connectivity index (χ0v) is 15.7. The van der Waals surface area contributed by atoms with Crippen LogP contribution in [0.15, 0.2) is 76.4 Å². The zero-order valence-electron chi connectivity index (χ0n) is 15.7. The molecule has 0 atom stereocenters. The van der Waals surface area contributed by atoms with E-state index in [1.807, 2.05) is 30.3 Å². The molecule has 1 amide bonds. The molecule has 0 spiro atoms. The molecule has 0 radical (unpaired) electrons. The highest BCUT2D eigenvalue weighted by Gasteiger charge is 2.12. The van der Waals surface area contributed by atoms with Gasteiger partial charge in [-0.25, -0.2) is 9.59 Å². The first kappa shape index (κ1) is 19.8. The summed E-state index contributed by atoms with van der Waals surface area (Å²) in [5.41, 5.74) is 0.361. The number of aromatic nitrogens is 2. The van der Waals surface area contributed by atoms with Crippen LogP contribution in [0, 0.1) is 0 Å². The SMILES string of the molecule is COC(=O)c1cccc(NC(=O)Cn2c(=O)ccn(Cc3ccccc3)c2=O)c1. The maximum absolute atomic E-state index is 12.6. The van der Waals surface area contributed by atoms with Crippen LogP contribution < -0.4 is 16.6 Å². The molecule has 8 heteroatoms. The minimum absolute atomic E-state index is 0.271. The van der Waals surface area contributed by atoms with Crippen LogP contribution in [0.25, 0.3) is 0 Å². The molecule has 1 N–H and O–H groups in total. The van der Waals surface area contributed by atoms with Crippen molar-refractivity contribution in [2.75, 3.05) is 12.4 Å². The van der Waals surface area contributed by atoms with Gasteiger partial charge in [-0.05, 0) is 23.8 Å². The van der Waals surface area contributed by atoms with E-state index in [0.29, 0.717) is 5.69 Å². The van der Waals surface area contributed by atoms with Crippen LogP contribution in [0.4, 0.5) is 5.69 Å². The Hall–Kier alpha value is -3.94. The number of carbonyl (C=O) groups is 2. The Balaban J connectivity index is 1.78. The Bertz CT molecular complexity index is 1150. The summed E-state index contributed by atoms with van der Waals surface area (Å²) in [6.07, 6.45) is 1.41. The number of esters is 1. The molecule has 0 saturated carbocycles. The number of rotatable bonds is 6. The zero-order chi connectivity index (χ0) is 20.8. The van der Waals surface area contributed by atoms with Gasteiger partial charge in [0.2, 0.25) is 5.91 Å². The maximum Gasteiger partial charge on any atom is 0.337 e. The number of methoxy groups -OCH3 is 1. The van der Waals surface area contributed by atoms with Crippen molar-refractivity contribution in [3.63, 3.8) is 0 Å². The van der Waals surface area contributed by atoms with E-state index in [4.69, 9.17) is 0 Å². The molecular formula is C21H19N3O5. The van der Waals surface area contributed by atoms with Crippen molar-refractivity contribution in [1.82, 2.24) is 9.13 Å². The number of anilines is 1. The van der Waals surface area contributed by atoms with Gasteiger partial charge in [-0.15, -0.1) is 0 Å². The number of hydrogen-bond acceptors (Lipinski definition) is 5. The summed E-state index contributed by atoms with van der Waals surface area (Å²) in [6, 6.07) is 16.7. The van der Waals surface area contributed by atoms with Gasteiger partial charge in [0, 0.05) is 18.0 Å². The van der Waals surface area contributed by atoms with Gasteiger partial charge in [0.15, 0.2) is 0 Å².